The van der Waals surface area contributed by atoms with Gasteiger partial charge in [0.2, 0.25) is 5.91 Å². The Morgan fingerprint density at radius 2 is 1.92 bits per heavy atom. The van der Waals surface area contributed by atoms with Crippen LogP contribution in [0.4, 0.5) is 5.69 Å². The Morgan fingerprint density at radius 1 is 1.15 bits per heavy atom. The predicted octanol–water partition coefficient (Wildman–Crippen LogP) is 2.33. The summed E-state index contributed by atoms with van der Waals surface area (Å²) >= 11 is 0. The van der Waals surface area contributed by atoms with E-state index in [0.29, 0.717) is 6.54 Å². The third kappa shape index (κ3) is 2.58. The number of benzene rings is 2. The van der Waals surface area contributed by atoms with Crippen molar-refractivity contribution < 1.29 is 9.53 Å². The molecular formula is C20H21N3O3. The Labute approximate surface area is 151 Å². The molecule has 1 aromatic heterocycles. The SMILES string of the molecule is COc1ccc2c(c1)CCCN2C(=O)Cn1c(=O)n(C)c2ccccc21. The van der Waals surface area contributed by atoms with Crippen LogP contribution in [0, 0.1) is 0 Å². The molecule has 0 saturated heterocycles. The molecule has 6 nitrogen and oxygen atoms in total. The molecule has 26 heavy (non-hydrogen) atoms. The number of nitrogens with zero attached hydrogens (tertiary/aromatic N) is 3. The van der Waals surface area contributed by atoms with Crippen molar-refractivity contribution in [2.24, 2.45) is 7.05 Å². The van der Waals surface area contributed by atoms with Gasteiger partial charge in [-0.1, -0.05) is 12.1 Å². The largest absolute Gasteiger partial charge is 0.497 e. The van der Waals surface area contributed by atoms with Crippen molar-refractivity contribution in [1.82, 2.24) is 9.13 Å². The van der Waals surface area contributed by atoms with Crippen LogP contribution in [0.5, 0.6) is 5.75 Å². The fourth-order valence-corrected chi connectivity index (χ4v) is 3.70. The molecule has 2 aromatic carbocycles. The minimum Gasteiger partial charge on any atom is -0.497 e. The first-order valence-electron chi connectivity index (χ1n) is 8.71. The molecule has 0 saturated carbocycles. The normalized spacial score (nSPS) is 13.7. The van der Waals surface area contributed by atoms with Crippen LogP contribution in [0.15, 0.2) is 47.3 Å². The molecule has 6 heteroatoms. The second-order valence-electron chi connectivity index (χ2n) is 6.56. The van der Waals surface area contributed by atoms with Gasteiger partial charge in [0, 0.05) is 19.3 Å². The number of aryl methyl sites for hydroxylation is 2. The number of amides is 1. The highest BCUT2D eigenvalue weighted by atomic mass is 16.5. The number of carbonyl (C=O) groups excluding carboxylic acids is 1. The van der Waals surface area contributed by atoms with Crippen molar-refractivity contribution in [3.8, 4) is 5.75 Å². The molecule has 4 rings (SSSR count). The van der Waals surface area contributed by atoms with E-state index in [0.717, 1.165) is 40.9 Å². The lowest BCUT2D eigenvalue weighted by Crippen LogP contribution is -2.39. The van der Waals surface area contributed by atoms with E-state index in [-0.39, 0.29) is 18.1 Å². The summed E-state index contributed by atoms with van der Waals surface area (Å²) in [7, 11) is 3.37. The number of carbonyl (C=O) groups is 1. The minimum atomic E-state index is -0.175. The zero-order valence-electron chi connectivity index (χ0n) is 14.9. The standard InChI is InChI=1S/C20H21N3O3/c1-21-17-7-3-4-8-18(17)23(20(21)25)13-19(24)22-11-5-6-14-12-15(26-2)9-10-16(14)22/h3-4,7-10,12H,5-6,11,13H2,1-2H3. The van der Waals surface area contributed by atoms with E-state index in [4.69, 9.17) is 4.74 Å². The zero-order valence-corrected chi connectivity index (χ0v) is 14.9. The molecule has 0 bridgehead atoms. The number of hydrogen-bond donors (Lipinski definition) is 0. The van der Waals surface area contributed by atoms with Gasteiger partial charge in [-0.15, -0.1) is 0 Å². The van der Waals surface area contributed by atoms with Crippen LogP contribution in [0.25, 0.3) is 11.0 Å². The number of anilines is 1. The first-order chi connectivity index (χ1) is 12.6. The second kappa shape index (κ2) is 6.37. The molecule has 0 atom stereocenters. The summed E-state index contributed by atoms with van der Waals surface area (Å²) in [6.45, 7) is 0.698. The van der Waals surface area contributed by atoms with E-state index in [1.165, 1.54) is 0 Å². The van der Waals surface area contributed by atoms with Gasteiger partial charge in [0.25, 0.3) is 0 Å². The summed E-state index contributed by atoms with van der Waals surface area (Å²) < 4.78 is 8.42. The van der Waals surface area contributed by atoms with E-state index < -0.39 is 0 Å². The van der Waals surface area contributed by atoms with Crippen LogP contribution in [-0.2, 0) is 24.8 Å². The maximum Gasteiger partial charge on any atom is 0.329 e. The quantitative estimate of drug-likeness (QED) is 0.728. The summed E-state index contributed by atoms with van der Waals surface area (Å²) in [5.41, 5.74) is 3.45. The number of para-hydroxylation sites is 2. The summed E-state index contributed by atoms with van der Waals surface area (Å²) in [5, 5.41) is 0. The van der Waals surface area contributed by atoms with Crippen molar-refractivity contribution >= 4 is 22.6 Å². The number of imidazole rings is 1. The number of aromatic nitrogens is 2. The molecular weight excluding hydrogens is 330 g/mol. The molecule has 0 N–H and O–H groups in total. The number of methoxy groups -OCH3 is 1. The van der Waals surface area contributed by atoms with Gasteiger partial charge in [0.1, 0.15) is 12.3 Å². The Bertz CT molecular complexity index is 1050. The highest BCUT2D eigenvalue weighted by Crippen LogP contribution is 2.30. The average Bonchev–Trinajstić information content (AvgIpc) is 2.92. The maximum absolute atomic E-state index is 13.0. The maximum atomic E-state index is 13.0. The van der Waals surface area contributed by atoms with Crippen molar-refractivity contribution in [3.05, 3.63) is 58.5 Å². The van der Waals surface area contributed by atoms with Crippen molar-refractivity contribution in [2.45, 2.75) is 19.4 Å². The lowest BCUT2D eigenvalue weighted by atomic mass is 10.0. The van der Waals surface area contributed by atoms with Crippen LogP contribution >= 0.6 is 0 Å². The van der Waals surface area contributed by atoms with Crippen molar-refractivity contribution in [3.63, 3.8) is 0 Å². The lowest BCUT2D eigenvalue weighted by Gasteiger charge is -2.30. The zero-order chi connectivity index (χ0) is 18.3. The van der Waals surface area contributed by atoms with Crippen LogP contribution in [0.3, 0.4) is 0 Å². The van der Waals surface area contributed by atoms with Gasteiger partial charge < -0.3 is 9.64 Å². The van der Waals surface area contributed by atoms with E-state index in [9.17, 15) is 9.59 Å². The van der Waals surface area contributed by atoms with Gasteiger partial charge in [0.15, 0.2) is 0 Å². The minimum absolute atomic E-state index is 0.0334. The number of ether oxygens (including phenoxy) is 1. The van der Waals surface area contributed by atoms with Crippen LogP contribution in [0.2, 0.25) is 0 Å². The fraction of sp³-hybridized carbons (Fsp3) is 0.300. The number of hydrogen-bond acceptors (Lipinski definition) is 3. The molecule has 3 aromatic rings. The van der Waals surface area contributed by atoms with E-state index in [1.807, 2.05) is 42.5 Å². The van der Waals surface area contributed by atoms with Gasteiger partial charge in [0.05, 0.1) is 18.1 Å². The predicted molar refractivity (Wildman–Crippen MR) is 101 cm³/mol. The molecule has 0 unspecified atom stereocenters. The lowest BCUT2D eigenvalue weighted by molar-refractivity contribution is -0.119. The van der Waals surface area contributed by atoms with Crippen molar-refractivity contribution in [2.75, 3.05) is 18.6 Å². The van der Waals surface area contributed by atoms with Gasteiger partial charge >= 0.3 is 5.69 Å². The van der Waals surface area contributed by atoms with Crippen molar-refractivity contribution in [1.29, 1.82) is 0 Å². The van der Waals surface area contributed by atoms with Gasteiger partial charge in [-0.3, -0.25) is 13.9 Å². The Hall–Kier alpha value is -3.02. The van der Waals surface area contributed by atoms with Crippen LogP contribution < -0.4 is 15.3 Å². The van der Waals surface area contributed by atoms with Gasteiger partial charge in [-0.25, -0.2) is 4.79 Å². The summed E-state index contributed by atoms with van der Waals surface area (Å²) in [6.07, 6.45) is 1.82. The first kappa shape index (κ1) is 16.4. The fourth-order valence-electron chi connectivity index (χ4n) is 3.70. The molecule has 1 amide bonds. The molecule has 134 valence electrons. The van der Waals surface area contributed by atoms with E-state index in [2.05, 4.69) is 0 Å². The van der Waals surface area contributed by atoms with E-state index in [1.54, 1.807) is 28.2 Å². The van der Waals surface area contributed by atoms with Gasteiger partial charge in [-0.2, -0.15) is 0 Å². The van der Waals surface area contributed by atoms with Gasteiger partial charge in [-0.05, 0) is 48.7 Å². The molecule has 0 spiro atoms. The second-order valence-corrected chi connectivity index (χ2v) is 6.56. The molecule has 0 fully saturated rings. The molecule has 1 aliphatic rings. The van der Waals surface area contributed by atoms with E-state index >= 15 is 0 Å². The Morgan fingerprint density at radius 3 is 2.69 bits per heavy atom. The highest BCUT2D eigenvalue weighted by molar-refractivity contribution is 5.95. The molecule has 1 aliphatic heterocycles. The molecule has 0 radical (unpaired) electrons. The van der Waals surface area contributed by atoms with Crippen LogP contribution in [0.1, 0.15) is 12.0 Å². The number of rotatable bonds is 3. The average molecular weight is 351 g/mol. The number of fused-ring (bicyclic) bond motifs is 2. The first-order valence-corrected chi connectivity index (χ1v) is 8.71. The monoisotopic (exact) mass is 351 g/mol. The third-order valence-electron chi connectivity index (χ3n) is 5.05. The summed E-state index contributed by atoms with van der Waals surface area (Å²) in [5.74, 6) is 0.720. The summed E-state index contributed by atoms with van der Waals surface area (Å²) in [6, 6.07) is 13.3. The molecule has 2 heterocycles. The van der Waals surface area contributed by atoms with Crippen LogP contribution in [-0.4, -0.2) is 28.7 Å². The Balaban J connectivity index is 1.69. The molecule has 0 aliphatic carbocycles. The highest BCUT2D eigenvalue weighted by Gasteiger charge is 2.24. The summed E-state index contributed by atoms with van der Waals surface area (Å²) in [4.78, 5) is 27.4. The third-order valence-corrected chi connectivity index (χ3v) is 5.05. The smallest absolute Gasteiger partial charge is 0.329 e. The Kier molecular flexibility index (Phi) is 4.03. The topological polar surface area (TPSA) is 56.5 Å².